The molecule has 198 valence electrons. The molecule has 0 saturated heterocycles. The fourth-order valence-corrected chi connectivity index (χ4v) is 11.0. The van der Waals surface area contributed by atoms with E-state index in [9.17, 15) is 0 Å². The summed E-state index contributed by atoms with van der Waals surface area (Å²) < 4.78 is 7.83. The first-order valence-electron chi connectivity index (χ1n) is 14.2. The van der Waals surface area contributed by atoms with Gasteiger partial charge >= 0.3 is 0 Å². The fraction of sp³-hybridized carbons (Fsp3) is 0.216. The molecule has 3 heteroatoms. The minimum atomic E-state index is -2.55. The van der Waals surface area contributed by atoms with Crippen LogP contribution in [0.2, 0.25) is 11.1 Å². The molecule has 1 aromatic heterocycles. The van der Waals surface area contributed by atoms with Gasteiger partial charge in [0.05, 0.1) is 5.52 Å². The number of hydrogen-bond acceptors (Lipinski definition) is 2. The van der Waals surface area contributed by atoms with Gasteiger partial charge in [-0.3, -0.25) is 4.98 Å². The minimum Gasteiger partial charge on any atom is -0.392 e. The van der Waals surface area contributed by atoms with Gasteiger partial charge in [0.15, 0.2) is 0 Å². The molecular weight excluding hydrogens is 502 g/mol. The summed E-state index contributed by atoms with van der Waals surface area (Å²) in [6.45, 7) is 7.07. The Morgan fingerprint density at radius 3 is 2.20 bits per heavy atom. The van der Waals surface area contributed by atoms with Crippen molar-refractivity contribution in [3.63, 3.8) is 0 Å². The van der Waals surface area contributed by atoms with Gasteiger partial charge in [-0.15, -0.1) is 0 Å². The Balaban J connectivity index is 1.58. The lowest BCUT2D eigenvalue weighted by Gasteiger charge is -2.46. The first-order valence-corrected chi connectivity index (χ1v) is 16.3. The molecule has 1 aliphatic rings. The van der Waals surface area contributed by atoms with E-state index < -0.39 is 13.9 Å². The topological polar surface area (TPSA) is 22.1 Å². The number of fused-ring (bicyclic) bond motifs is 2. The van der Waals surface area contributed by atoms with Gasteiger partial charge in [-0.2, -0.15) is 0 Å². The maximum Gasteiger partial charge on any atom is 0.232 e. The monoisotopic (exact) mass is 537 g/mol. The van der Waals surface area contributed by atoms with E-state index in [1.165, 1.54) is 10.8 Å². The van der Waals surface area contributed by atoms with E-state index in [2.05, 4.69) is 130 Å². The summed E-state index contributed by atoms with van der Waals surface area (Å²) in [7, 11) is -2.55. The Labute approximate surface area is 239 Å². The van der Waals surface area contributed by atoms with E-state index in [0.717, 1.165) is 40.2 Å². The van der Waals surface area contributed by atoms with Crippen molar-refractivity contribution < 1.29 is 4.43 Å². The van der Waals surface area contributed by atoms with Crippen LogP contribution in [0.3, 0.4) is 0 Å². The van der Waals surface area contributed by atoms with E-state index in [4.69, 9.17) is 9.41 Å². The zero-order chi connectivity index (χ0) is 27.6. The average molecular weight is 538 g/mol. The molecule has 40 heavy (non-hydrogen) atoms. The van der Waals surface area contributed by atoms with E-state index >= 15 is 0 Å². The second-order valence-electron chi connectivity index (χ2n) is 11.8. The maximum absolute atomic E-state index is 7.83. The van der Waals surface area contributed by atoms with Crippen LogP contribution in [0.5, 0.6) is 0 Å². The Hall–Kier alpha value is -3.97. The highest BCUT2D eigenvalue weighted by atomic mass is 28.4. The lowest BCUT2D eigenvalue weighted by molar-refractivity contribution is 0.111. The largest absolute Gasteiger partial charge is 0.392 e. The lowest BCUT2D eigenvalue weighted by atomic mass is 9.89. The number of aromatic nitrogens is 1. The summed E-state index contributed by atoms with van der Waals surface area (Å²) in [6.07, 6.45) is 1.61. The second-order valence-corrected chi connectivity index (χ2v) is 16.2. The number of nitrogens with zero attached hydrogens (tertiary/aromatic N) is 1. The molecule has 0 bridgehead atoms. The Morgan fingerprint density at radius 2 is 1.43 bits per heavy atom. The van der Waals surface area contributed by atoms with Gasteiger partial charge < -0.3 is 4.43 Å². The highest BCUT2D eigenvalue weighted by Gasteiger charge is 2.56. The summed E-state index contributed by atoms with van der Waals surface area (Å²) in [6, 6.07) is 43.4. The Kier molecular flexibility index (Phi) is 6.92. The van der Waals surface area contributed by atoms with Gasteiger partial charge in [-0.05, 0) is 58.1 Å². The maximum atomic E-state index is 7.83. The molecule has 5 aromatic rings. The predicted octanol–water partition coefficient (Wildman–Crippen LogP) is 7.95. The quantitative estimate of drug-likeness (QED) is 0.168. The summed E-state index contributed by atoms with van der Waals surface area (Å²) in [4.78, 5) is 5.11. The van der Waals surface area contributed by atoms with Gasteiger partial charge in [0.25, 0.3) is 0 Å². The minimum absolute atomic E-state index is 0.0368. The van der Waals surface area contributed by atoms with Crippen LogP contribution in [-0.2, 0) is 22.9 Å². The number of hydrogen-bond donors (Lipinski definition) is 0. The summed E-state index contributed by atoms with van der Waals surface area (Å²) in [5, 5.41) is 2.51. The highest BCUT2D eigenvalue weighted by molar-refractivity contribution is 6.90. The number of aryl methyl sites for hydroxylation is 1. The van der Waals surface area contributed by atoms with Crippen molar-refractivity contribution in [1.82, 2.24) is 4.98 Å². The zero-order valence-electron chi connectivity index (χ0n) is 23.5. The van der Waals surface area contributed by atoms with Crippen molar-refractivity contribution in [2.75, 3.05) is 0 Å². The second kappa shape index (κ2) is 10.5. The van der Waals surface area contributed by atoms with Crippen molar-refractivity contribution in [3.8, 4) is 11.8 Å². The number of pyridine rings is 1. The normalized spacial score (nSPS) is 18.0. The number of rotatable bonds is 5. The van der Waals surface area contributed by atoms with E-state index in [1.54, 1.807) is 0 Å². The molecule has 2 heterocycles. The molecule has 0 aliphatic carbocycles. The van der Waals surface area contributed by atoms with Crippen molar-refractivity contribution in [3.05, 3.63) is 144 Å². The fourth-order valence-electron chi connectivity index (χ4n) is 6.12. The first kappa shape index (κ1) is 26.3. The Bertz CT molecular complexity index is 1700. The number of benzene rings is 4. The van der Waals surface area contributed by atoms with Crippen LogP contribution in [0.15, 0.2) is 121 Å². The van der Waals surface area contributed by atoms with Gasteiger partial charge in [0.2, 0.25) is 8.32 Å². The summed E-state index contributed by atoms with van der Waals surface area (Å²) in [5.41, 5.74) is 4.58. The van der Waals surface area contributed by atoms with Crippen LogP contribution in [0.25, 0.3) is 10.9 Å². The molecule has 0 radical (unpaired) electrons. The van der Waals surface area contributed by atoms with Crippen LogP contribution >= 0.6 is 0 Å². The van der Waals surface area contributed by atoms with E-state index in [0.29, 0.717) is 6.42 Å². The molecule has 6 rings (SSSR count). The molecule has 4 aromatic carbocycles. The zero-order valence-corrected chi connectivity index (χ0v) is 24.5. The van der Waals surface area contributed by atoms with Crippen molar-refractivity contribution in [1.29, 1.82) is 0 Å². The molecule has 1 aliphatic heterocycles. The van der Waals surface area contributed by atoms with Crippen molar-refractivity contribution >= 4 is 24.4 Å². The van der Waals surface area contributed by atoms with E-state index in [1.807, 2.05) is 24.3 Å². The number of para-hydroxylation sites is 1. The molecule has 0 saturated carbocycles. The van der Waals surface area contributed by atoms with E-state index in [-0.39, 0.29) is 5.04 Å². The molecule has 0 N–H and O–H groups in total. The van der Waals surface area contributed by atoms with Gasteiger partial charge in [-0.25, -0.2) is 0 Å². The van der Waals surface area contributed by atoms with Crippen LogP contribution in [-0.4, -0.2) is 13.3 Å². The molecular formula is C37H35NOSi. The van der Waals surface area contributed by atoms with Gasteiger partial charge in [0.1, 0.15) is 5.60 Å². The van der Waals surface area contributed by atoms with Crippen LogP contribution < -0.4 is 5.19 Å². The van der Waals surface area contributed by atoms with Crippen molar-refractivity contribution in [2.24, 2.45) is 0 Å². The Morgan fingerprint density at radius 1 is 0.750 bits per heavy atom. The van der Waals surface area contributed by atoms with Crippen LogP contribution in [0, 0.1) is 11.8 Å². The SMILES string of the molecule is CC(C)(C)[Si@@]1(O[C@](C#Cc2ccccc2)(Cc2ccc3ccccc3n2)c2ccccc2)CCc2ccccc21. The molecule has 0 amide bonds. The molecule has 2 nitrogen and oxygen atoms in total. The van der Waals surface area contributed by atoms with Crippen LogP contribution in [0.4, 0.5) is 0 Å². The van der Waals surface area contributed by atoms with Gasteiger partial charge in [-0.1, -0.05) is 130 Å². The molecule has 0 fully saturated rings. The average Bonchev–Trinajstić information content (AvgIpc) is 3.36. The molecule has 2 atom stereocenters. The predicted molar refractivity (Wildman–Crippen MR) is 168 cm³/mol. The van der Waals surface area contributed by atoms with Gasteiger partial charge in [0, 0.05) is 23.1 Å². The molecule has 0 spiro atoms. The third-order valence-corrected chi connectivity index (χ3v) is 13.7. The smallest absolute Gasteiger partial charge is 0.232 e. The summed E-state index contributed by atoms with van der Waals surface area (Å²) in [5.74, 6) is 7.27. The third-order valence-electron chi connectivity index (χ3n) is 8.27. The molecule has 0 unspecified atom stereocenters. The standard InChI is InChI=1S/C37H35NOSi/c1-36(2,3)40(27-25-31-17-11-13-21-35(31)40)39-37(32-18-8-5-9-19-32,26-24-29-14-6-4-7-15-29)28-33-23-22-30-16-10-12-20-34(30)38-33/h4-23H,25,27-28H2,1-3H3/t37-,40-/m1/s1. The third kappa shape index (κ3) is 4.90. The van der Waals surface area contributed by atoms with Crippen LogP contribution in [0.1, 0.15) is 43.2 Å². The lowest BCUT2D eigenvalue weighted by Crippen LogP contribution is -2.59. The summed E-state index contributed by atoms with van der Waals surface area (Å²) >= 11 is 0. The first-order chi connectivity index (χ1) is 19.4. The van der Waals surface area contributed by atoms with Crippen molar-refractivity contribution in [2.45, 2.75) is 50.3 Å². The highest BCUT2D eigenvalue weighted by Crippen LogP contribution is 2.48.